The van der Waals surface area contributed by atoms with Gasteiger partial charge in [0.1, 0.15) is 4.99 Å². The lowest BCUT2D eigenvalue weighted by molar-refractivity contribution is 0.494. The number of rotatable bonds is 2. The van der Waals surface area contributed by atoms with E-state index in [9.17, 15) is 0 Å². The van der Waals surface area contributed by atoms with E-state index in [0.717, 1.165) is 30.5 Å². The minimum atomic E-state index is 0.467. The molecule has 0 radical (unpaired) electrons. The van der Waals surface area contributed by atoms with Gasteiger partial charge >= 0.3 is 0 Å². The van der Waals surface area contributed by atoms with Crippen molar-refractivity contribution in [2.24, 2.45) is 17.6 Å². The van der Waals surface area contributed by atoms with E-state index in [-0.39, 0.29) is 0 Å². The third-order valence-electron chi connectivity index (χ3n) is 3.51. The summed E-state index contributed by atoms with van der Waals surface area (Å²) >= 11 is 4.94. The molecule has 0 aliphatic carbocycles. The quantitative estimate of drug-likeness (QED) is 0.797. The fraction of sp³-hybridized carbons (Fsp3) is 0.462. The maximum atomic E-state index is 5.58. The third kappa shape index (κ3) is 2.19. The monoisotopic (exact) mass is 234 g/mol. The zero-order valence-electron chi connectivity index (χ0n) is 9.81. The summed E-state index contributed by atoms with van der Waals surface area (Å²) in [6.07, 6.45) is 0. The number of benzene rings is 1. The molecule has 2 unspecified atom stereocenters. The van der Waals surface area contributed by atoms with Crippen molar-refractivity contribution in [3.8, 4) is 0 Å². The third-order valence-corrected chi connectivity index (χ3v) is 3.74. The van der Waals surface area contributed by atoms with Gasteiger partial charge in [0.15, 0.2) is 0 Å². The zero-order chi connectivity index (χ0) is 11.7. The Morgan fingerprint density at radius 3 is 2.12 bits per heavy atom. The molecule has 3 heteroatoms. The normalized spacial score (nSPS) is 24.8. The van der Waals surface area contributed by atoms with Gasteiger partial charge in [-0.3, -0.25) is 0 Å². The van der Waals surface area contributed by atoms with Crippen LogP contribution in [0.4, 0.5) is 5.69 Å². The van der Waals surface area contributed by atoms with Crippen molar-refractivity contribution < 1.29 is 0 Å². The van der Waals surface area contributed by atoms with E-state index < -0.39 is 0 Å². The first kappa shape index (κ1) is 11.4. The number of anilines is 1. The molecule has 2 rings (SSSR count). The Labute approximate surface area is 102 Å². The van der Waals surface area contributed by atoms with Crippen LogP contribution in [-0.2, 0) is 0 Å². The van der Waals surface area contributed by atoms with Crippen LogP contribution >= 0.6 is 12.2 Å². The largest absolute Gasteiger partial charge is 0.389 e. The van der Waals surface area contributed by atoms with Crippen molar-refractivity contribution in [3.05, 3.63) is 29.8 Å². The Morgan fingerprint density at radius 2 is 1.69 bits per heavy atom. The van der Waals surface area contributed by atoms with Crippen molar-refractivity contribution in [2.75, 3.05) is 18.0 Å². The average Bonchev–Trinajstić information content (AvgIpc) is 2.59. The van der Waals surface area contributed by atoms with Crippen molar-refractivity contribution in [3.63, 3.8) is 0 Å². The molecule has 0 aromatic heterocycles. The van der Waals surface area contributed by atoms with E-state index >= 15 is 0 Å². The van der Waals surface area contributed by atoms with Gasteiger partial charge in [-0.25, -0.2) is 0 Å². The molecule has 2 N–H and O–H groups in total. The Kier molecular flexibility index (Phi) is 3.15. The topological polar surface area (TPSA) is 29.3 Å². The van der Waals surface area contributed by atoms with Gasteiger partial charge in [-0.2, -0.15) is 0 Å². The van der Waals surface area contributed by atoms with E-state index in [1.54, 1.807) is 0 Å². The van der Waals surface area contributed by atoms with Gasteiger partial charge in [0.2, 0.25) is 0 Å². The predicted octanol–water partition coefficient (Wildman–Crippen LogP) is 2.41. The highest BCUT2D eigenvalue weighted by molar-refractivity contribution is 7.80. The SMILES string of the molecule is CC1CN(c2ccc(C(N)=S)cc2)CC1C. The zero-order valence-corrected chi connectivity index (χ0v) is 10.6. The van der Waals surface area contributed by atoms with Crippen LogP contribution in [0.25, 0.3) is 0 Å². The highest BCUT2D eigenvalue weighted by Gasteiger charge is 2.25. The molecular formula is C13H18N2S. The number of hydrogen-bond donors (Lipinski definition) is 1. The number of thiocarbonyl (C=S) groups is 1. The molecule has 1 aromatic carbocycles. The molecule has 1 aliphatic rings. The fourth-order valence-electron chi connectivity index (χ4n) is 2.18. The van der Waals surface area contributed by atoms with E-state index in [1.807, 2.05) is 12.1 Å². The van der Waals surface area contributed by atoms with Gasteiger partial charge in [-0.15, -0.1) is 0 Å². The molecule has 1 heterocycles. The summed E-state index contributed by atoms with van der Waals surface area (Å²) in [5, 5.41) is 0. The Morgan fingerprint density at radius 1 is 1.19 bits per heavy atom. The summed E-state index contributed by atoms with van der Waals surface area (Å²) in [5.74, 6) is 1.55. The van der Waals surface area contributed by atoms with Crippen LogP contribution in [0.5, 0.6) is 0 Å². The van der Waals surface area contributed by atoms with Gasteiger partial charge in [0.05, 0.1) is 0 Å². The van der Waals surface area contributed by atoms with E-state index in [0.29, 0.717) is 4.99 Å². The van der Waals surface area contributed by atoms with E-state index in [1.165, 1.54) is 5.69 Å². The second-order valence-electron chi connectivity index (χ2n) is 4.77. The maximum absolute atomic E-state index is 5.58. The molecule has 0 amide bonds. The van der Waals surface area contributed by atoms with E-state index in [2.05, 4.69) is 30.9 Å². The number of hydrogen-bond acceptors (Lipinski definition) is 2. The minimum Gasteiger partial charge on any atom is -0.389 e. The van der Waals surface area contributed by atoms with E-state index in [4.69, 9.17) is 18.0 Å². The first-order valence-corrected chi connectivity index (χ1v) is 6.13. The highest BCUT2D eigenvalue weighted by atomic mass is 32.1. The van der Waals surface area contributed by atoms with Crippen molar-refractivity contribution in [1.82, 2.24) is 0 Å². The molecule has 1 aliphatic heterocycles. The molecule has 2 atom stereocenters. The molecule has 1 aromatic rings. The molecule has 1 saturated heterocycles. The second kappa shape index (κ2) is 4.42. The second-order valence-corrected chi connectivity index (χ2v) is 5.21. The molecule has 2 nitrogen and oxygen atoms in total. The Balaban J connectivity index is 2.14. The van der Waals surface area contributed by atoms with Crippen LogP contribution < -0.4 is 10.6 Å². The van der Waals surface area contributed by atoms with Gasteiger partial charge in [-0.05, 0) is 36.1 Å². The molecule has 0 spiro atoms. The summed E-state index contributed by atoms with van der Waals surface area (Å²) in [7, 11) is 0. The van der Waals surface area contributed by atoms with Crippen LogP contribution in [0, 0.1) is 11.8 Å². The first-order valence-electron chi connectivity index (χ1n) is 5.72. The summed E-state index contributed by atoms with van der Waals surface area (Å²) in [4.78, 5) is 2.90. The maximum Gasteiger partial charge on any atom is 0.103 e. The molecule has 16 heavy (non-hydrogen) atoms. The van der Waals surface area contributed by atoms with Crippen LogP contribution in [-0.4, -0.2) is 18.1 Å². The summed E-state index contributed by atoms with van der Waals surface area (Å²) in [5.41, 5.74) is 7.80. The van der Waals surface area contributed by atoms with Crippen LogP contribution in [0.15, 0.2) is 24.3 Å². The van der Waals surface area contributed by atoms with Gasteiger partial charge in [-0.1, -0.05) is 26.1 Å². The van der Waals surface area contributed by atoms with Crippen LogP contribution in [0.3, 0.4) is 0 Å². The predicted molar refractivity (Wildman–Crippen MR) is 72.9 cm³/mol. The van der Waals surface area contributed by atoms with Crippen molar-refractivity contribution in [2.45, 2.75) is 13.8 Å². The molecular weight excluding hydrogens is 216 g/mol. The van der Waals surface area contributed by atoms with Crippen molar-refractivity contribution in [1.29, 1.82) is 0 Å². The number of nitrogens with zero attached hydrogens (tertiary/aromatic N) is 1. The van der Waals surface area contributed by atoms with Gasteiger partial charge < -0.3 is 10.6 Å². The molecule has 86 valence electrons. The average molecular weight is 234 g/mol. The standard InChI is InChI=1S/C13H18N2S/c1-9-7-15(8-10(9)2)12-5-3-11(4-6-12)13(14)16/h3-6,9-10H,7-8H2,1-2H3,(H2,14,16). The van der Waals surface area contributed by atoms with Gasteiger partial charge in [0.25, 0.3) is 0 Å². The summed E-state index contributed by atoms with van der Waals surface area (Å²) in [6, 6.07) is 8.23. The summed E-state index contributed by atoms with van der Waals surface area (Å²) < 4.78 is 0. The lowest BCUT2D eigenvalue weighted by Gasteiger charge is -2.18. The first-order chi connectivity index (χ1) is 7.58. The number of nitrogens with two attached hydrogens (primary N) is 1. The molecule has 0 bridgehead atoms. The van der Waals surface area contributed by atoms with Crippen LogP contribution in [0.2, 0.25) is 0 Å². The fourth-order valence-corrected chi connectivity index (χ4v) is 2.31. The van der Waals surface area contributed by atoms with Crippen LogP contribution in [0.1, 0.15) is 19.4 Å². The minimum absolute atomic E-state index is 0.467. The lowest BCUT2D eigenvalue weighted by atomic mass is 10.0. The van der Waals surface area contributed by atoms with Gasteiger partial charge in [0, 0.05) is 24.3 Å². The molecule has 1 fully saturated rings. The Bertz CT molecular complexity index is 375. The van der Waals surface area contributed by atoms with Crippen molar-refractivity contribution >= 4 is 22.9 Å². The highest BCUT2D eigenvalue weighted by Crippen LogP contribution is 2.27. The summed E-state index contributed by atoms with van der Waals surface area (Å²) in [6.45, 7) is 6.92. The Hall–Kier alpha value is -1.09. The lowest BCUT2D eigenvalue weighted by Crippen LogP contribution is -2.19. The molecule has 0 saturated carbocycles. The smallest absolute Gasteiger partial charge is 0.103 e.